The molecule has 0 aromatic heterocycles. The minimum atomic E-state index is -0.493. The lowest BCUT2D eigenvalue weighted by molar-refractivity contribution is 0.412. The smallest absolute Gasteiger partial charge is 0.133 e. The van der Waals surface area contributed by atoms with Crippen LogP contribution in [0.5, 0.6) is 5.75 Å². The van der Waals surface area contributed by atoms with E-state index in [9.17, 15) is 0 Å². The molecule has 0 unspecified atom stereocenters. The average Bonchev–Trinajstić information content (AvgIpc) is 2.04. The quantitative estimate of drug-likeness (QED) is 0.739. The summed E-state index contributed by atoms with van der Waals surface area (Å²) in [5, 5.41) is 0. The highest BCUT2D eigenvalue weighted by molar-refractivity contribution is 9.10. The van der Waals surface area contributed by atoms with Crippen LogP contribution in [-0.4, -0.2) is 7.11 Å². The third-order valence-electron chi connectivity index (χ3n) is 1.43. The molecule has 1 nitrogen and oxygen atoms in total. The third kappa shape index (κ3) is 2.28. The molecular weight excluding hydrogens is 263 g/mol. The van der Waals surface area contributed by atoms with E-state index >= 15 is 0 Å². The fourth-order valence-corrected chi connectivity index (χ4v) is 1.65. The molecule has 0 aliphatic heterocycles. The van der Waals surface area contributed by atoms with Gasteiger partial charge in [0.1, 0.15) is 10.6 Å². The molecule has 1 aromatic rings. The number of alkyl halides is 2. The Hall–Kier alpha value is 0.0800. The lowest BCUT2D eigenvalue weighted by atomic mass is 10.2. The second-order valence-electron chi connectivity index (χ2n) is 2.19. The highest BCUT2D eigenvalue weighted by atomic mass is 79.9. The van der Waals surface area contributed by atoms with Crippen LogP contribution < -0.4 is 4.74 Å². The summed E-state index contributed by atoms with van der Waals surface area (Å²) in [6.45, 7) is 0. The molecule has 0 aliphatic carbocycles. The van der Waals surface area contributed by atoms with Crippen molar-refractivity contribution >= 4 is 39.1 Å². The Labute approximate surface area is 89.7 Å². The van der Waals surface area contributed by atoms with Gasteiger partial charge >= 0.3 is 0 Å². The van der Waals surface area contributed by atoms with Crippen LogP contribution in [0.3, 0.4) is 0 Å². The molecule has 0 radical (unpaired) electrons. The van der Waals surface area contributed by atoms with E-state index in [2.05, 4.69) is 15.9 Å². The number of ether oxygens (including phenoxy) is 1. The Balaban J connectivity index is 3.02. The minimum Gasteiger partial charge on any atom is -0.496 e. The van der Waals surface area contributed by atoms with Gasteiger partial charge in [0.05, 0.1) is 11.6 Å². The summed E-state index contributed by atoms with van der Waals surface area (Å²) in [4.78, 5) is -0.493. The number of halogens is 3. The first-order valence-electron chi connectivity index (χ1n) is 3.26. The van der Waals surface area contributed by atoms with E-state index in [1.807, 2.05) is 18.2 Å². The van der Waals surface area contributed by atoms with Gasteiger partial charge in [-0.15, -0.1) is 23.2 Å². The van der Waals surface area contributed by atoms with Gasteiger partial charge in [-0.1, -0.05) is 6.07 Å². The second-order valence-corrected chi connectivity index (χ2v) is 4.15. The molecule has 0 fully saturated rings. The normalized spacial score (nSPS) is 10.4. The highest BCUT2D eigenvalue weighted by Gasteiger charge is 2.06. The Morgan fingerprint density at radius 2 is 2.08 bits per heavy atom. The van der Waals surface area contributed by atoms with Crippen LogP contribution in [0.4, 0.5) is 0 Å². The number of hydrogen-bond donors (Lipinski definition) is 0. The predicted molar refractivity (Wildman–Crippen MR) is 55.1 cm³/mol. The first-order chi connectivity index (χ1) is 5.65. The topological polar surface area (TPSA) is 9.23 Å². The molecule has 1 rings (SSSR count). The molecule has 66 valence electrons. The summed E-state index contributed by atoms with van der Waals surface area (Å²) < 4.78 is 5.90. The fraction of sp³-hybridized carbons (Fsp3) is 0.250. The van der Waals surface area contributed by atoms with Crippen molar-refractivity contribution in [2.24, 2.45) is 0 Å². The van der Waals surface area contributed by atoms with Gasteiger partial charge in [-0.05, 0) is 33.6 Å². The average molecular weight is 270 g/mol. The van der Waals surface area contributed by atoms with Crippen molar-refractivity contribution in [2.45, 2.75) is 4.84 Å². The maximum absolute atomic E-state index is 5.67. The van der Waals surface area contributed by atoms with E-state index < -0.39 is 4.84 Å². The molecule has 0 saturated heterocycles. The zero-order chi connectivity index (χ0) is 9.14. The number of benzene rings is 1. The maximum Gasteiger partial charge on any atom is 0.133 e. The van der Waals surface area contributed by atoms with Crippen LogP contribution >= 0.6 is 39.1 Å². The molecule has 0 spiro atoms. The van der Waals surface area contributed by atoms with Gasteiger partial charge in [0.25, 0.3) is 0 Å². The summed E-state index contributed by atoms with van der Waals surface area (Å²) in [5.41, 5.74) is 0.853. The van der Waals surface area contributed by atoms with Crippen molar-refractivity contribution in [1.29, 1.82) is 0 Å². The Morgan fingerprint density at radius 3 is 2.50 bits per heavy atom. The van der Waals surface area contributed by atoms with Crippen molar-refractivity contribution in [3.05, 3.63) is 28.2 Å². The molecule has 4 heteroatoms. The first-order valence-corrected chi connectivity index (χ1v) is 4.93. The van der Waals surface area contributed by atoms with Gasteiger partial charge in [0.2, 0.25) is 0 Å². The molecule has 0 N–H and O–H groups in total. The summed E-state index contributed by atoms with van der Waals surface area (Å²) in [5.74, 6) is 0.771. The van der Waals surface area contributed by atoms with E-state index in [1.165, 1.54) is 0 Å². The fourth-order valence-electron chi connectivity index (χ4n) is 0.818. The van der Waals surface area contributed by atoms with E-state index in [4.69, 9.17) is 27.9 Å². The maximum atomic E-state index is 5.67. The molecule has 0 bridgehead atoms. The van der Waals surface area contributed by atoms with Gasteiger partial charge in [0, 0.05) is 0 Å². The Kier molecular flexibility index (Phi) is 3.69. The molecule has 1 aromatic carbocycles. The van der Waals surface area contributed by atoms with E-state index in [0.29, 0.717) is 0 Å². The monoisotopic (exact) mass is 268 g/mol. The third-order valence-corrected chi connectivity index (χ3v) is 2.55. The standard InChI is InChI=1S/C8H7BrCl2O/c1-12-7-3-2-5(8(10)11)4-6(7)9/h2-4,8H,1H3. The van der Waals surface area contributed by atoms with Crippen LogP contribution in [0.15, 0.2) is 22.7 Å². The van der Waals surface area contributed by atoms with Crippen LogP contribution in [0.25, 0.3) is 0 Å². The van der Waals surface area contributed by atoms with Gasteiger partial charge < -0.3 is 4.74 Å². The number of hydrogen-bond acceptors (Lipinski definition) is 1. The van der Waals surface area contributed by atoms with Crippen molar-refractivity contribution in [2.75, 3.05) is 7.11 Å². The SMILES string of the molecule is COc1ccc(C(Cl)Cl)cc1Br. The van der Waals surface area contributed by atoms with Crippen molar-refractivity contribution in [1.82, 2.24) is 0 Å². The predicted octanol–water partition coefficient (Wildman–Crippen LogP) is 3.93. The van der Waals surface area contributed by atoms with Gasteiger partial charge in [-0.3, -0.25) is 0 Å². The molecule has 0 heterocycles. The number of rotatable bonds is 2. The van der Waals surface area contributed by atoms with Crippen LogP contribution in [0.1, 0.15) is 10.4 Å². The molecule has 0 saturated carbocycles. The van der Waals surface area contributed by atoms with Crippen molar-refractivity contribution in [3.8, 4) is 5.75 Å². The lowest BCUT2D eigenvalue weighted by Crippen LogP contribution is -1.86. The minimum absolute atomic E-state index is 0.493. The van der Waals surface area contributed by atoms with Crippen LogP contribution in [-0.2, 0) is 0 Å². The molecule has 0 atom stereocenters. The Bertz CT molecular complexity index is 276. The lowest BCUT2D eigenvalue weighted by Gasteiger charge is -2.06. The zero-order valence-corrected chi connectivity index (χ0v) is 9.45. The largest absolute Gasteiger partial charge is 0.496 e. The summed E-state index contributed by atoms with van der Waals surface area (Å²) in [6.07, 6.45) is 0. The first kappa shape index (κ1) is 10.2. The van der Waals surface area contributed by atoms with Crippen LogP contribution in [0.2, 0.25) is 0 Å². The Morgan fingerprint density at radius 1 is 1.42 bits per heavy atom. The number of methoxy groups -OCH3 is 1. The van der Waals surface area contributed by atoms with Crippen molar-refractivity contribution < 1.29 is 4.74 Å². The molecule has 0 aliphatic rings. The van der Waals surface area contributed by atoms with E-state index in [1.54, 1.807) is 7.11 Å². The van der Waals surface area contributed by atoms with Crippen LogP contribution in [0, 0.1) is 0 Å². The summed E-state index contributed by atoms with van der Waals surface area (Å²) in [6, 6.07) is 5.48. The van der Waals surface area contributed by atoms with E-state index in [-0.39, 0.29) is 0 Å². The van der Waals surface area contributed by atoms with Gasteiger partial charge in [-0.25, -0.2) is 0 Å². The summed E-state index contributed by atoms with van der Waals surface area (Å²) >= 11 is 14.7. The van der Waals surface area contributed by atoms with Gasteiger partial charge in [-0.2, -0.15) is 0 Å². The molecular formula is C8H7BrCl2O. The second kappa shape index (κ2) is 4.35. The highest BCUT2D eigenvalue weighted by Crippen LogP contribution is 2.31. The molecule has 12 heavy (non-hydrogen) atoms. The van der Waals surface area contributed by atoms with Crippen molar-refractivity contribution in [3.63, 3.8) is 0 Å². The molecule has 0 amide bonds. The van der Waals surface area contributed by atoms with E-state index in [0.717, 1.165) is 15.8 Å². The van der Waals surface area contributed by atoms with Gasteiger partial charge in [0.15, 0.2) is 0 Å². The zero-order valence-electron chi connectivity index (χ0n) is 6.35. The summed E-state index contributed by atoms with van der Waals surface area (Å²) in [7, 11) is 1.61.